The molecule has 0 saturated carbocycles. The second-order valence-electron chi connectivity index (χ2n) is 6.25. The van der Waals surface area contributed by atoms with Gasteiger partial charge in [0.15, 0.2) is 0 Å². The normalized spacial score (nSPS) is 22.5. The molecule has 1 aromatic carbocycles. The van der Waals surface area contributed by atoms with Gasteiger partial charge in [-0.2, -0.15) is 4.31 Å². The Kier molecular flexibility index (Phi) is 5.31. The number of halogens is 1. The number of piperidine rings is 1. The molecule has 9 heteroatoms. The van der Waals surface area contributed by atoms with Gasteiger partial charge < -0.3 is 10.2 Å². The number of sulfonamides is 1. The van der Waals surface area contributed by atoms with Crippen molar-refractivity contribution in [3.05, 3.63) is 34.9 Å². The molecule has 7 nitrogen and oxygen atoms in total. The highest BCUT2D eigenvalue weighted by molar-refractivity contribution is 7.89. The van der Waals surface area contributed by atoms with Gasteiger partial charge in [0, 0.05) is 36.8 Å². The van der Waals surface area contributed by atoms with E-state index in [-0.39, 0.29) is 31.4 Å². The lowest BCUT2D eigenvalue weighted by atomic mass is 10.1. The Morgan fingerprint density at radius 3 is 2.80 bits per heavy atom. The molecule has 0 aromatic heterocycles. The first-order chi connectivity index (χ1) is 11.9. The van der Waals surface area contributed by atoms with Gasteiger partial charge in [-0.05, 0) is 31.0 Å². The summed E-state index contributed by atoms with van der Waals surface area (Å²) in [5, 5.41) is 2.40. The van der Waals surface area contributed by atoms with Crippen molar-refractivity contribution >= 4 is 33.4 Å². The lowest BCUT2D eigenvalue weighted by molar-refractivity contribution is -0.122. The number of carbonyl (C=O) groups is 2. The first-order valence-corrected chi connectivity index (χ1v) is 10.1. The van der Waals surface area contributed by atoms with Gasteiger partial charge in [-0.25, -0.2) is 8.42 Å². The smallest absolute Gasteiger partial charge is 0.253 e. The molecule has 1 N–H and O–H groups in total. The molecule has 0 unspecified atom stereocenters. The number of hydrogen-bond donors (Lipinski definition) is 1. The molecule has 2 heterocycles. The topological polar surface area (TPSA) is 86.8 Å². The van der Waals surface area contributed by atoms with E-state index in [1.807, 2.05) is 0 Å². The average molecular weight is 386 g/mol. The van der Waals surface area contributed by atoms with Crippen molar-refractivity contribution in [3.8, 4) is 0 Å². The summed E-state index contributed by atoms with van der Waals surface area (Å²) in [5.74, 6) is -0.517. The minimum absolute atomic E-state index is 0.131. The van der Waals surface area contributed by atoms with Crippen molar-refractivity contribution in [3.63, 3.8) is 0 Å². The zero-order valence-corrected chi connectivity index (χ0v) is 15.2. The van der Waals surface area contributed by atoms with Crippen molar-refractivity contribution in [2.45, 2.75) is 18.1 Å². The van der Waals surface area contributed by atoms with Gasteiger partial charge in [-0.3, -0.25) is 9.59 Å². The molecule has 3 rings (SSSR count). The molecule has 1 atom stereocenters. The van der Waals surface area contributed by atoms with Crippen molar-refractivity contribution < 1.29 is 18.0 Å². The Balaban J connectivity index is 1.74. The summed E-state index contributed by atoms with van der Waals surface area (Å²) < 4.78 is 26.9. The third-order valence-electron chi connectivity index (χ3n) is 4.52. The summed E-state index contributed by atoms with van der Waals surface area (Å²) in [6.45, 7) is 1.08. The number of carbonyl (C=O) groups excluding carboxylic acids is 2. The molecule has 25 heavy (non-hydrogen) atoms. The summed E-state index contributed by atoms with van der Waals surface area (Å²) >= 11 is 5.93. The fourth-order valence-corrected chi connectivity index (χ4v) is 5.30. The minimum atomic E-state index is -3.62. The lowest BCUT2D eigenvalue weighted by Gasteiger charge is -2.36. The van der Waals surface area contributed by atoms with Gasteiger partial charge in [-0.1, -0.05) is 17.7 Å². The fraction of sp³-hybridized carbons (Fsp3) is 0.500. The predicted molar refractivity (Wildman–Crippen MR) is 93.9 cm³/mol. The second-order valence-corrected chi connectivity index (χ2v) is 8.90. The van der Waals surface area contributed by atoms with E-state index in [0.29, 0.717) is 36.5 Å². The first kappa shape index (κ1) is 18.2. The van der Waals surface area contributed by atoms with Crippen LogP contribution in [0.1, 0.15) is 23.2 Å². The largest absolute Gasteiger partial charge is 0.354 e. The molecule has 2 amide bonds. The van der Waals surface area contributed by atoms with E-state index in [2.05, 4.69) is 5.32 Å². The van der Waals surface area contributed by atoms with Gasteiger partial charge in [0.1, 0.15) is 0 Å². The zero-order chi connectivity index (χ0) is 18.0. The molecule has 2 saturated heterocycles. The number of likely N-dealkylation sites (tertiary alicyclic amines) is 1. The molecule has 0 radical (unpaired) electrons. The monoisotopic (exact) mass is 385 g/mol. The quantitative estimate of drug-likeness (QED) is 0.830. The maximum Gasteiger partial charge on any atom is 0.253 e. The Morgan fingerprint density at radius 1 is 1.28 bits per heavy atom. The van der Waals surface area contributed by atoms with Crippen molar-refractivity contribution in [1.29, 1.82) is 0 Å². The van der Waals surface area contributed by atoms with E-state index in [1.165, 1.54) is 4.31 Å². The SMILES string of the molecule is O=C1CN(S(=O)(=O)[C@@H]2CCCN(C(=O)c3cccc(Cl)c3)C2)CCN1. The summed E-state index contributed by atoms with van der Waals surface area (Å²) in [4.78, 5) is 25.7. The van der Waals surface area contributed by atoms with Crippen molar-refractivity contribution in [2.24, 2.45) is 0 Å². The van der Waals surface area contributed by atoms with Crippen LogP contribution in [0.2, 0.25) is 5.02 Å². The van der Waals surface area contributed by atoms with E-state index in [0.717, 1.165) is 0 Å². The number of benzene rings is 1. The first-order valence-electron chi connectivity index (χ1n) is 8.18. The van der Waals surface area contributed by atoms with E-state index in [4.69, 9.17) is 11.6 Å². The number of piperazine rings is 1. The van der Waals surface area contributed by atoms with E-state index in [1.54, 1.807) is 29.2 Å². The molecule has 0 bridgehead atoms. The van der Waals surface area contributed by atoms with Crippen LogP contribution in [-0.2, 0) is 14.8 Å². The lowest BCUT2D eigenvalue weighted by Crippen LogP contribution is -2.55. The van der Waals surface area contributed by atoms with Gasteiger partial charge in [0.2, 0.25) is 15.9 Å². The molecule has 0 spiro atoms. The predicted octanol–water partition coefficient (Wildman–Crippen LogP) is 0.706. The number of hydrogen-bond acceptors (Lipinski definition) is 4. The Hall–Kier alpha value is -1.64. The van der Waals surface area contributed by atoms with Crippen LogP contribution in [0.15, 0.2) is 24.3 Å². The number of amides is 2. The van der Waals surface area contributed by atoms with Crippen LogP contribution in [0, 0.1) is 0 Å². The van der Waals surface area contributed by atoms with Crippen LogP contribution < -0.4 is 5.32 Å². The molecule has 0 aliphatic carbocycles. The molecule has 136 valence electrons. The minimum Gasteiger partial charge on any atom is -0.354 e. The summed E-state index contributed by atoms with van der Waals surface area (Å²) in [5.41, 5.74) is 0.447. The van der Waals surface area contributed by atoms with Gasteiger partial charge in [0.05, 0.1) is 11.8 Å². The highest BCUT2D eigenvalue weighted by atomic mass is 35.5. The Labute approximate surface area is 152 Å². The van der Waals surface area contributed by atoms with Crippen LogP contribution >= 0.6 is 11.6 Å². The van der Waals surface area contributed by atoms with Crippen molar-refractivity contribution in [2.75, 3.05) is 32.7 Å². The van der Waals surface area contributed by atoms with Crippen LogP contribution in [0.5, 0.6) is 0 Å². The van der Waals surface area contributed by atoms with Gasteiger partial charge >= 0.3 is 0 Å². The highest BCUT2D eigenvalue weighted by Gasteiger charge is 2.38. The summed E-state index contributed by atoms with van der Waals surface area (Å²) in [7, 11) is -3.62. The molecule has 2 aliphatic heterocycles. The van der Waals surface area contributed by atoms with Crippen LogP contribution in [-0.4, -0.2) is 67.4 Å². The van der Waals surface area contributed by atoms with Crippen LogP contribution in [0.3, 0.4) is 0 Å². The summed E-state index contributed by atoms with van der Waals surface area (Å²) in [6.07, 6.45) is 1.09. The average Bonchev–Trinajstić information content (AvgIpc) is 2.61. The molecular formula is C16H20ClN3O4S. The van der Waals surface area contributed by atoms with E-state index >= 15 is 0 Å². The van der Waals surface area contributed by atoms with Gasteiger partial charge in [0.25, 0.3) is 5.91 Å². The van der Waals surface area contributed by atoms with E-state index < -0.39 is 15.3 Å². The van der Waals surface area contributed by atoms with Gasteiger partial charge in [-0.15, -0.1) is 0 Å². The fourth-order valence-electron chi connectivity index (χ4n) is 3.21. The van der Waals surface area contributed by atoms with E-state index in [9.17, 15) is 18.0 Å². The number of nitrogens with one attached hydrogen (secondary N) is 1. The summed E-state index contributed by atoms with van der Waals surface area (Å²) in [6, 6.07) is 6.63. The van der Waals surface area contributed by atoms with Crippen molar-refractivity contribution in [1.82, 2.24) is 14.5 Å². The number of nitrogens with zero attached hydrogens (tertiary/aromatic N) is 2. The second kappa shape index (κ2) is 7.31. The van der Waals surface area contributed by atoms with Crippen LogP contribution in [0.4, 0.5) is 0 Å². The number of rotatable bonds is 3. The van der Waals surface area contributed by atoms with Crippen LogP contribution in [0.25, 0.3) is 0 Å². The zero-order valence-electron chi connectivity index (χ0n) is 13.7. The Morgan fingerprint density at radius 2 is 2.08 bits per heavy atom. The standard InChI is InChI=1S/C16H20ClN3O4S/c17-13-4-1-3-12(9-13)16(22)19-7-2-5-14(10-19)25(23,24)20-8-6-18-15(21)11-20/h1,3-4,9,14H,2,5-8,10-11H2,(H,18,21)/t14-/m1/s1. The third-order valence-corrected chi connectivity index (χ3v) is 7.02. The molecular weight excluding hydrogens is 366 g/mol. The Bertz CT molecular complexity index is 783. The third kappa shape index (κ3) is 3.96. The molecule has 1 aromatic rings. The highest BCUT2D eigenvalue weighted by Crippen LogP contribution is 2.23. The molecule has 2 aliphatic rings. The molecule has 2 fully saturated rings. The maximum absolute atomic E-state index is 12.8. The maximum atomic E-state index is 12.8.